The molecule has 1 aromatic heterocycles. The molecule has 2 aromatic carbocycles. The Morgan fingerprint density at radius 1 is 1.07 bits per heavy atom. The van der Waals surface area contributed by atoms with Gasteiger partial charge in [-0.15, -0.1) is 0 Å². The number of aromatic nitrogens is 1. The summed E-state index contributed by atoms with van der Waals surface area (Å²) in [6.07, 6.45) is 6.90. The lowest BCUT2D eigenvalue weighted by Gasteiger charge is -2.31. The van der Waals surface area contributed by atoms with Crippen molar-refractivity contribution in [1.29, 1.82) is 0 Å². The number of rotatable bonds is 3. The number of carbonyl (C=O) groups is 1. The van der Waals surface area contributed by atoms with Crippen molar-refractivity contribution in [3.05, 3.63) is 83.2 Å². The molecule has 4 rings (SSSR count). The predicted octanol–water partition coefficient (Wildman–Crippen LogP) is 5.32. The number of allylic oxidation sites excluding steroid dienone is 1. The molecule has 3 aromatic rings. The average molecular weight is 356 g/mol. The summed E-state index contributed by atoms with van der Waals surface area (Å²) in [5.41, 5.74) is 3.73. The van der Waals surface area contributed by atoms with Crippen molar-refractivity contribution >= 4 is 22.8 Å². The molecule has 0 aliphatic heterocycles. The van der Waals surface area contributed by atoms with E-state index in [1.54, 1.807) is 6.20 Å². The molecule has 1 heterocycles. The van der Waals surface area contributed by atoms with E-state index in [1.165, 1.54) is 16.3 Å². The second kappa shape index (κ2) is 6.66. The topological polar surface area (TPSA) is 42.0 Å². The van der Waals surface area contributed by atoms with Crippen molar-refractivity contribution in [2.75, 3.05) is 0 Å². The SMILES string of the molecule is CC(C)(C)[C@@H](NC(=O)c1ccc2cccc3c2c1C=CC3)c1ccccn1. The maximum Gasteiger partial charge on any atom is 0.252 e. The van der Waals surface area contributed by atoms with Gasteiger partial charge in [0.05, 0.1) is 11.7 Å². The van der Waals surface area contributed by atoms with Gasteiger partial charge in [0.2, 0.25) is 0 Å². The van der Waals surface area contributed by atoms with Gasteiger partial charge in [-0.25, -0.2) is 0 Å². The maximum absolute atomic E-state index is 13.3. The van der Waals surface area contributed by atoms with Gasteiger partial charge in [-0.2, -0.15) is 0 Å². The summed E-state index contributed by atoms with van der Waals surface area (Å²) >= 11 is 0. The molecule has 1 amide bonds. The van der Waals surface area contributed by atoms with Crippen molar-refractivity contribution in [1.82, 2.24) is 10.3 Å². The number of benzene rings is 2. The number of carbonyl (C=O) groups excluding carboxylic acids is 1. The second-order valence-corrected chi connectivity index (χ2v) is 8.18. The number of nitrogens with zero attached hydrogens (tertiary/aromatic N) is 1. The molecule has 1 aliphatic carbocycles. The molecule has 0 saturated carbocycles. The molecule has 136 valence electrons. The average Bonchev–Trinajstić information content (AvgIpc) is 2.66. The smallest absolute Gasteiger partial charge is 0.252 e. The van der Waals surface area contributed by atoms with E-state index in [0.29, 0.717) is 0 Å². The molecule has 0 spiro atoms. The molecule has 3 nitrogen and oxygen atoms in total. The van der Waals surface area contributed by atoms with E-state index >= 15 is 0 Å². The van der Waals surface area contributed by atoms with E-state index in [0.717, 1.165) is 23.2 Å². The van der Waals surface area contributed by atoms with Crippen LogP contribution >= 0.6 is 0 Å². The van der Waals surface area contributed by atoms with Crippen LogP contribution < -0.4 is 5.32 Å². The van der Waals surface area contributed by atoms with Crippen molar-refractivity contribution in [3.8, 4) is 0 Å². The third kappa shape index (κ3) is 3.25. The molecule has 0 bridgehead atoms. The highest BCUT2D eigenvalue weighted by Crippen LogP contribution is 2.34. The van der Waals surface area contributed by atoms with Crippen LogP contribution in [-0.4, -0.2) is 10.9 Å². The number of hydrogen-bond acceptors (Lipinski definition) is 2. The zero-order valence-corrected chi connectivity index (χ0v) is 16.0. The molecule has 0 unspecified atom stereocenters. The van der Waals surface area contributed by atoms with Crippen LogP contribution in [0, 0.1) is 5.41 Å². The van der Waals surface area contributed by atoms with Gasteiger partial charge in [0, 0.05) is 11.8 Å². The van der Waals surface area contributed by atoms with Crippen LogP contribution in [-0.2, 0) is 6.42 Å². The van der Waals surface area contributed by atoms with Crippen LogP contribution in [0.25, 0.3) is 16.8 Å². The fraction of sp³-hybridized carbons (Fsp3) is 0.250. The summed E-state index contributed by atoms with van der Waals surface area (Å²) in [4.78, 5) is 17.7. The number of pyridine rings is 1. The Bertz CT molecular complexity index is 1030. The fourth-order valence-electron chi connectivity index (χ4n) is 3.82. The van der Waals surface area contributed by atoms with Gasteiger partial charge in [0.1, 0.15) is 0 Å². The molecule has 3 heteroatoms. The third-order valence-electron chi connectivity index (χ3n) is 5.16. The molecule has 27 heavy (non-hydrogen) atoms. The molecule has 0 fully saturated rings. The van der Waals surface area contributed by atoms with Gasteiger partial charge in [-0.05, 0) is 51.9 Å². The molecule has 1 atom stereocenters. The Hall–Kier alpha value is -2.94. The van der Waals surface area contributed by atoms with Crippen LogP contribution in [0.15, 0.2) is 60.8 Å². The van der Waals surface area contributed by atoms with E-state index < -0.39 is 0 Å². The largest absolute Gasteiger partial charge is 0.343 e. The summed E-state index contributed by atoms with van der Waals surface area (Å²) in [7, 11) is 0. The standard InChI is InChI=1S/C24H24N2O/c1-24(2,3)22(20-12-4-5-15-25-20)26-23(27)19-14-13-17-9-6-8-16-10-7-11-18(19)21(16)17/h4-9,11-15,22H,10H2,1-3H3,(H,26,27)/t22-/m0/s1. The summed E-state index contributed by atoms with van der Waals surface area (Å²) in [6.45, 7) is 6.36. The normalized spacial score (nSPS) is 14.2. The highest BCUT2D eigenvalue weighted by Gasteiger charge is 2.30. The third-order valence-corrected chi connectivity index (χ3v) is 5.16. The van der Waals surface area contributed by atoms with E-state index in [9.17, 15) is 4.79 Å². The van der Waals surface area contributed by atoms with Gasteiger partial charge in [0.15, 0.2) is 0 Å². The quantitative estimate of drug-likeness (QED) is 0.690. The number of amides is 1. The first-order valence-corrected chi connectivity index (χ1v) is 9.38. The minimum absolute atomic E-state index is 0.0566. The number of hydrogen-bond donors (Lipinski definition) is 1. The number of nitrogens with one attached hydrogen (secondary N) is 1. The van der Waals surface area contributed by atoms with Crippen LogP contribution in [0.4, 0.5) is 0 Å². The van der Waals surface area contributed by atoms with Crippen molar-refractivity contribution in [3.63, 3.8) is 0 Å². The predicted molar refractivity (Wildman–Crippen MR) is 111 cm³/mol. The Morgan fingerprint density at radius 2 is 1.93 bits per heavy atom. The Labute approximate surface area is 160 Å². The van der Waals surface area contributed by atoms with Crippen LogP contribution in [0.3, 0.4) is 0 Å². The summed E-state index contributed by atoms with van der Waals surface area (Å²) < 4.78 is 0. The van der Waals surface area contributed by atoms with Crippen molar-refractivity contribution in [2.24, 2.45) is 5.41 Å². The first kappa shape index (κ1) is 17.5. The zero-order valence-electron chi connectivity index (χ0n) is 16.0. The van der Waals surface area contributed by atoms with Gasteiger partial charge in [-0.3, -0.25) is 9.78 Å². The van der Waals surface area contributed by atoms with Crippen molar-refractivity contribution in [2.45, 2.75) is 33.2 Å². The van der Waals surface area contributed by atoms with E-state index in [1.807, 2.05) is 30.3 Å². The molecular formula is C24H24N2O. The minimum atomic E-state index is -0.170. The van der Waals surface area contributed by atoms with Crippen molar-refractivity contribution < 1.29 is 4.79 Å². The Balaban J connectivity index is 1.75. The highest BCUT2D eigenvalue weighted by atomic mass is 16.1. The monoisotopic (exact) mass is 356 g/mol. The van der Waals surface area contributed by atoms with Crippen LogP contribution in [0.1, 0.15) is 54.0 Å². The molecule has 1 aliphatic rings. The first-order valence-electron chi connectivity index (χ1n) is 9.38. The maximum atomic E-state index is 13.3. The highest BCUT2D eigenvalue weighted by molar-refractivity contribution is 6.06. The molecule has 0 radical (unpaired) electrons. The fourth-order valence-corrected chi connectivity index (χ4v) is 3.82. The summed E-state index contributed by atoms with van der Waals surface area (Å²) in [5, 5.41) is 5.61. The van der Waals surface area contributed by atoms with Crippen LogP contribution in [0.5, 0.6) is 0 Å². The van der Waals surface area contributed by atoms with E-state index in [-0.39, 0.29) is 17.4 Å². The van der Waals surface area contributed by atoms with E-state index in [2.05, 4.69) is 61.4 Å². The second-order valence-electron chi connectivity index (χ2n) is 8.18. The van der Waals surface area contributed by atoms with Gasteiger partial charge < -0.3 is 5.32 Å². The van der Waals surface area contributed by atoms with Crippen LogP contribution in [0.2, 0.25) is 0 Å². The first-order chi connectivity index (χ1) is 12.9. The van der Waals surface area contributed by atoms with Gasteiger partial charge in [0.25, 0.3) is 5.91 Å². The van der Waals surface area contributed by atoms with Gasteiger partial charge in [-0.1, -0.05) is 63.3 Å². The summed E-state index contributed by atoms with van der Waals surface area (Å²) in [6, 6.07) is 16.0. The Morgan fingerprint density at radius 3 is 2.67 bits per heavy atom. The lowest BCUT2D eigenvalue weighted by Crippen LogP contribution is -2.37. The minimum Gasteiger partial charge on any atom is -0.343 e. The molecular weight excluding hydrogens is 332 g/mol. The van der Waals surface area contributed by atoms with Gasteiger partial charge >= 0.3 is 0 Å². The molecule has 1 N–H and O–H groups in total. The zero-order chi connectivity index (χ0) is 19.0. The lowest BCUT2D eigenvalue weighted by atomic mass is 9.84. The summed E-state index contributed by atoms with van der Waals surface area (Å²) in [5.74, 6) is -0.0566. The Kier molecular flexibility index (Phi) is 4.31. The molecule has 0 saturated heterocycles. The van der Waals surface area contributed by atoms with E-state index in [4.69, 9.17) is 0 Å². The lowest BCUT2D eigenvalue weighted by molar-refractivity contribution is 0.0899.